The van der Waals surface area contributed by atoms with Gasteiger partial charge in [-0.2, -0.15) is 0 Å². The Morgan fingerprint density at radius 3 is 2.53 bits per heavy atom. The maximum Gasteiger partial charge on any atom is 0.265 e. The zero-order valence-corrected chi connectivity index (χ0v) is 17.8. The highest BCUT2D eigenvalue weighted by Crippen LogP contribution is 2.33. The van der Waals surface area contributed by atoms with Crippen molar-refractivity contribution in [3.63, 3.8) is 0 Å². The van der Waals surface area contributed by atoms with E-state index in [0.717, 1.165) is 0 Å². The molecule has 2 aliphatic heterocycles. The first kappa shape index (κ1) is 21.8. The van der Waals surface area contributed by atoms with E-state index in [1.807, 2.05) is 11.0 Å². The Labute approximate surface area is 185 Å². The topological polar surface area (TPSA) is 82.2 Å². The number of benzene rings is 2. The first-order chi connectivity index (χ1) is 15.4. The molecule has 4 rings (SSSR count). The van der Waals surface area contributed by atoms with Crippen molar-refractivity contribution < 1.29 is 23.5 Å². The number of halogens is 1. The first-order valence-corrected chi connectivity index (χ1v) is 10.5. The summed E-state index contributed by atoms with van der Waals surface area (Å²) in [5, 5.41) is 2.68. The van der Waals surface area contributed by atoms with E-state index < -0.39 is 11.9 Å². The minimum absolute atomic E-state index is 0.146. The van der Waals surface area contributed by atoms with Crippen LogP contribution in [0.2, 0.25) is 0 Å². The fraction of sp³-hybridized carbons (Fsp3) is 0.348. The molecule has 9 heteroatoms. The van der Waals surface area contributed by atoms with Gasteiger partial charge >= 0.3 is 0 Å². The Hall–Kier alpha value is -3.46. The molecule has 1 atom stereocenters. The number of carbonyl (C=O) groups excluding carboxylic acids is 3. The highest BCUT2D eigenvalue weighted by molar-refractivity contribution is 5.96. The third kappa shape index (κ3) is 4.88. The number of nitrogens with one attached hydrogen (secondary N) is 1. The van der Waals surface area contributed by atoms with Gasteiger partial charge in [-0.3, -0.25) is 19.3 Å². The van der Waals surface area contributed by atoms with Crippen molar-refractivity contribution in [2.45, 2.75) is 13.0 Å². The number of ether oxygens (including phenoxy) is 1. The van der Waals surface area contributed by atoms with Crippen molar-refractivity contribution in [3.05, 3.63) is 54.3 Å². The number of rotatable bonds is 4. The number of para-hydroxylation sites is 2. The van der Waals surface area contributed by atoms with E-state index in [0.29, 0.717) is 43.3 Å². The summed E-state index contributed by atoms with van der Waals surface area (Å²) in [7, 11) is 0. The van der Waals surface area contributed by atoms with Crippen LogP contribution in [0.3, 0.4) is 0 Å². The van der Waals surface area contributed by atoms with Crippen molar-refractivity contribution in [3.8, 4) is 5.75 Å². The molecule has 0 spiro atoms. The van der Waals surface area contributed by atoms with E-state index in [9.17, 15) is 18.8 Å². The predicted octanol–water partition coefficient (Wildman–Crippen LogP) is 1.72. The predicted molar refractivity (Wildman–Crippen MR) is 117 cm³/mol. The van der Waals surface area contributed by atoms with Crippen LogP contribution in [-0.4, -0.2) is 72.9 Å². The van der Waals surface area contributed by atoms with E-state index in [-0.39, 0.29) is 30.8 Å². The van der Waals surface area contributed by atoms with Crippen LogP contribution in [-0.2, 0) is 14.4 Å². The number of hydrogen-bond donors (Lipinski definition) is 1. The number of fused-ring (bicyclic) bond motifs is 1. The lowest BCUT2D eigenvalue weighted by molar-refractivity contribution is -0.140. The van der Waals surface area contributed by atoms with Crippen molar-refractivity contribution in [2.24, 2.45) is 0 Å². The van der Waals surface area contributed by atoms with Gasteiger partial charge in [-0.1, -0.05) is 18.2 Å². The molecule has 2 heterocycles. The lowest BCUT2D eigenvalue weighted by Crippen LogP contribution is -2.56. The van der Waals surface area contributed by atoms with Crippen molar-refractivity contribution in [1.82, 2.24) is 9.80 Å². The van der Waals surface area contributed by atoms with Gasteiger partial charge < -0.3 is 19.9 Å². The molecular weight excluding hydrogens is 415 g/mol. The summed E-state index contributed by atoms with van der Waals surface area (Å²) < 4.78 is 19.2. The molecule has 0 bridgehead atoms. The van der Waals surface area contributed by atoms with Crippen LogP contribution in [0.4, 0.5) is 15.8 Å². The second-order valence-electron chi connectivity index (χ2n) is 7.86. The molecule has 0 aliphatic carbocycles. The third-order valence-electron chi connectivity index (χ3n) is 5.59. The lowest BCUT2D eigenvalue weighted by Gasteiger charge is -2.39. The van der Waals surface area contributed by atoms with Gasteiger partial charge in [-0.25, -0.2) is 4.39 Å². The van der Waals surface area contributed by atoms with E-state index in [4.69, 9.17) is 4.74 Å². The number of piperazine rings is 1. The van der Waals surface area contributed by atoms with E-state index in [1.165, 1.54) is 25.1 Å². The van der Waals surface area contributed by atoms with Gasteiger partial charge in [0.1, 0.15) is 11.6 Å². The Morgan fingerprint density at radius 1 is 1.06 bits per heavy atom. The molecule has 1 saturated heterocycles. The molecule has 168 valence electrons. The Morgan fingerprint density at radius 2 is 1.81 bits per heavy atom. The average Bonchev–Trinajstić information content (AvgIpc) is 2.78. The summed E-state index contributed by atoms with van der Waals surface area (Å²) in [6, 6.07) is 12.9. The van der Waals surface area contributed by atoms with Crippen molar-refractivity contribution in [2.75, 3.05) is 49.5 Å². The first-order valence-electron chi connectivity index (χ1n) is 10.5. The molecule has 2 aromatic rings. The molecule has 1 fully saturated rings. The Balaban J connectivity index is 1.31. The molecule has 0 radical (unpaired) electrons. The van der Waals surface area contributed by atoms with Gasteiger partial charge in [0.25, 0.3) is 5.91 Å². The van der Waals surface area contributed by atoms with Gasteiger partial charge in [-0.15, -0.1) is 0 Å². The maximum absolute atomic E-state index is 13.3. The number of anilines is 2. The molecule has 1 N–H and O–H groups in total. The van der Waals surface area contributed by atoms with Crippen LogP contribution in [0.15, 0.2) is 48.5 Å². The van der Waals surface area contributed by atoms with Gasteiger partial charge in [0.05, 0.1) is 18.8 Å². The minimum atomic E-state index is -0.767. The lowest BCUT2D eigenvalue weighted by atomic mass is 10.1. The summed E-state index contributed by atoms with van der Waals surface area (Å²) in [6.45, 7) is 3.76. The Bertz CT molecular complexity index is 1020. The highest BCUT2D eigenvalue weighted by atomic mass is 19.1. The molecule has 3 amide bonds. The molecule has 2 aromatic carbocycles. The Kier molecular flexibility index (Phi) is 6.36. The third-order valence-corrected chi connectivity index (χ3v) is 5.59. The van der Waals surface area contributed by atoms with Crippen LogP contribution >= 0.6 is 0 Å². The van der Waals surface area contributed by atoms with Crippen LogP contribution in [0.25, 0.3) is 0 Å². The van der Waals surface area contributed by atoms with Gasteiger partial charge in [0.15, 0.2) is 6.10 Å². The van der Waals surface area contributed by atoms with Crippen LogP contribution in [0.5, 0.6) is 5.75 Å². The molecule has 8 nitrogen and oxygen atoms in total. The number of hydrogen-bond acceptors (Lipinski definition) is 5. The second-order valence-corrected chi connectivity index (χ2v) is 7.86. The summed E-state index contributed by atoms with van der Waals surface area (Å²) in [4.78, 5) is 42.6. The summed E-state index contributed by atoms with van der Waals surface area (Å²) in [5.74, 6) is -0.451. The smallest absolute Gasteiger partial charge is 0.265 e. The highest BCUT2D eigenvalue weighted by Gasteiger charge is 2.36. The normalized spacial score (nSPS) is 18.5. The van der Waals surface area contributed by atoms with Crippen LogP contribution in [0.1, 0.15) is 6.92 Å². The summed E-state index contributed by atoms with van der Waals surface area (Å²) in [6.07, 6.45) is -0.767. The molecular formula is C23H25FN4O4. The SMILES string of the molecule is CC(=O)N1CC(C(=O)N2CCN(CC(=O)Nc3cccc(F)c3)CC2)Oc2ccccc21. The maximum atomic E-state index is 13.3. The molecule has 2 aliphatic rings. The van der Waals surface area contributed by atoms with Gasteiger partial charge in [0.2, 0.25) is 11.8 Å². The zero-order chi connectivity index (χ0) is 22.7. The van der Waals surface area contributed by atoms with Crippen molar-refractivity contribution >= 4 is 29.1 Å². The number of nitrogens with zero attached hydrogens (tertiary/aromatic N) is 3. The zero-order valence-electron chi connectivity index (χ0n) is 17.8. The number of carbonyl (C=O) groups is 3. The molecule has 0 aromatic heterocycles. The monoisotopic (exact) mass is 440 g/mol. The second kappa shape index (κ2) is 9.35. The largest absolute Gasteiger partial charge is 0.476 e. The minimum Gasteiger partial charge on any atom is -0.476 e. The fourth-order valence-corrected chi connectivity index (χ4v) is 3.96. The quantitative estimate of drug-likeness (QED) is 0.783. The average molecular weight is 440 g/mol. The molecule has 0 saturated carbocycles. The van der Waals surface area contributed by atoms with E-state index >= 15 is 0 Å². The molecule has 32 heavy (non-hydrogen) atoms. The van der Waals surface area contributed by atoms with Gasteiger partial charge in [-0.05, 0) is 30.3 Å². The van der Waals surface area contributed by atoms with Crippen molar-refractivity contribution in [1.29, 1.82) is 0 Å². The van der Waals surface area contributed by atoms with Crippen LogP contribution in [0, 0.1) is 5.82 Å². The number of amides is 3. The molecule has 1 unspecified atom stereocenters. The summed E-state index contributed by atoms with van der Waals surface area (Å²) in [5.41, 5.74) is 1.08. The van der Waals surface area contributed by atoms with Crippen LogP contribution < -0.4 is 15.0 Å². The fourth-order valence-electron chi connectivity index (χ4n) is 3.96. The van der Waals surface area contributed by atoms with Gasteiger partial charge in [0, 0.05) is 38.8 Å². The van der Waals surface area contributed by atoms with E-state index in [1.54, 1.807) is 34.1 Å². The summed E-state index contributed by atoms with van der Waals surface area (Å²) >= 11 is 0. The standard InChI is InChI=1S/C23H25FN4O4/c1-16(29)28-14-21(32-20-8-3-2-7-19(20)28)23(31)27-11-9-26(10-12-27)15-22(30)25-18-6-4-5-17(24)13-18/h2-8,13,21H,9-12,14-15H2,1H3,(H,25,30). The van der Waals surface area contributed by atoms with E-state index in [2.05, 4.69) is 5.32 Å².